The molecule has 0 saturated heterocycles. The number of amides is 1. The van der Waals surface area contributed by atoms with Gasteiger partial charge in [0.2, 0.25) is 17.0 Å². The Bertz CT molecular complexity index is 983. The number of aromatic nitrogens is 3. The van der Waals surface area contributed by atoms with Crippen molar-refractivity contribution in [3.05, 3.63) is 59.7 Å². The van der Waals surface area contributed by atoms with E-state index in [2.05, 4.69) is 31.0 Å². The van der Waals surface area contributed by atoms with Gasteiger partial charge in [-0.2, -0.15) is 10.1 Å². The van der Waals surface area contributed by atoms with Crippen molar-refractivity contribution in [1.82, 2.24) is 15.2 Å². The van der Waals surface area contributed by atoms with E-state index in [0.717, 1.165) is 22.5 Å². The highest BCUT2D eigenvalue weighted by molar-refractivity contribution is 7.99. The summed E-state index contributed by atoms with van der Waals surface area (Å²) in [5.41, 5.74) is 6.72. The maximum atomic E-state index is 12.1. The van der Waals surface area contributed by atoms with Crippen molar-refractivity contribution in [3.8, 4) is 0 Å². The van der Waals surface area contributed by atoms with E-state index >= 15 is 0 Å². The summed E-state index contributed by atoms with van der Waals surface area (Å²) in [5.74, 6) is 0.517. The molecule has 0 aliphatic heterocycles. The normalized spacial score (nSPS) is 10.9. The first-order valence-electron chi connectivity index (χ1n) is 8.98. The second-order valence-corrected chi connectivity index (χ2v) is 7.42. The monoisotopic (exact) mass is 409 g/mol. The van der Waals surface area contributed by atoms with Gasteiger partial charge in [-0.05, 0) is 36.2 Å². The molecule has 0 saturated carbocycles. The lowest BCUT2D eigenvalue weighted by molar-refractivity contribution is -0.113. The van der Waals surface area contributed by atoms with E-state index < -0.39 is 0 Å². The van der Waals surface area contributed by atoms with Gasteiger partial charge >= 0.3 is 0 Å². The molecule has 8 nitrogen and oxygen atoms in total. The summed E-state index contributed by atoms with van der Waals surface area (Å²) in [4.78, 5) is 18.4. The molecule has 0 atom stereocenters. The molecule has 0 radical (unpaired) electrons. The second kappa shape index (κ2) is 9.74. The smallest absolute Gasteiger partial charge is 0.240 e. The summed E-state index contributed by atoms with van der Waals surface area (Å²) in [5, 5.41) is 14.3. The highest BCUT2D eigenvalue weighted by Crippen LogP contribution is 2.17. The molecule has 0 aliphatic rings. The van der Waals surface area contributed by atoms with E-state index in [4.69, 9.17) is 0 Å². The van der Waals surface area contributed by atoms with E-state index in [0.29, 0.717) is 11.1 Å². The molecule has 0 bridgehead atoms. The van der Waals surface area contributed by atoms with Crippen LogP contribution in [0.5, 0.6) is 0 Å². The van der Waals surface area contributed by atoms with E-state index in [-0.39, 0.29) is 11.7 Å². The number of hydrogen-bond donors (Lipinski definition) is 3. The maximum absolute atomic E-state index is 12.1. The zero-order valence-electron chi connectivity index (χ0n) is 16.5. The highest BCUT2D eigenvalue weighted by atomic mass is 32.2. The van der Waals surface area contributed by atoms with Crippen LogP contribution in [-0.4, -0.2) is 47.2 Å². The highest BCUT2D eigenvalue weighted by Gasteiger charge is 2.08. The van der Waals surface area contributed by atoms with Crippen LogP contribution < -0.4 is 15.6 Å². The number of H-pyrrole nitrogens is 1. The first-order chi connectivity index (χ1) is 14.0. The Labute approximate surface area is 173 Å². The number of benzene rings is 2. The van der Waals surface area contributed by atoms with Gasteiger partial charge in [0.15, 0.2) is 0 Å². The maximum Gasteiger partial charge on any atom is 0.240 e. The molecule has 1 heterocycles. The molecule has 0 aliphatic carbocycles. The molecule has 0 spiro atoms. The number of thioether (sulfide) groups is 1. The molecule has 3 aromatic rings. The van der Waals surface area contributed by atoms with Gasteiger partial charge in [-0.15, -0.1) is 5.10 Å². The lowest BCUT2D eigenvalue weighted by atomic mass is 10.2. The fraction of sp³-hybridized carbons (Fsp3) is 0.200. The van der Waals surface area contributed by atoms with Crippen LogP contribution in [0.4, 0.5) is 17.3 Å². The topological polar surface area (TPSA) is 98.3 Å². The minimum Gasteiger partial charge on any atom is -0.378 e. The summed E-state index contributed by atoms with van der Waals surface area (Å²) in [6.45, 7) is 1.95. The molecule has 3 N–H and O–H groups in total. The Kier molecular flexibility index (Phi) is 6.85. The molecular formula is C20H23N7OS. The number of aromatic amines is 1. The minimum absolute atomic E-state index is 0.109. The Hall–Kier alpha value is -3.33. The molecule has 0 unspecified atom stereocenters. The van der Waals surface area contributed by atoms with Crippen LogP contribution in [0.25, 0.3) is 0 Å². The molecule has 1 amide bonds. The van der Waals surface area contributed by atoms with Crippen molar-refractivity contribution in [2.24, 2.45) is 5.10 Å². The number of para-hydroxylation sites is 1. The zero-order chi connectivity index (χ0) is 20.6. The fourth-order valence-corrected chi connectivity index (χ4v) is 3.02. The number of carbonyl (C=O) groups excluding carboxylic acids is 1. The van der Waals surface area contributed by atoms with E-state index in [1.54, 1.807) is 6.21 Å². The zero-order valence-corrected chi connectivity index (χ0v) is 17.3. The van der Waals surface area contributed by atoms with Crippen LogP contribution in [0.1, 0.15) is 11.1 Å². The van der Waals surface area contributed by atoms with Crippen LogP contribution in [0.3, 0.4) is 0 Å². The number of hydrogen-bond acceptors (Lipinski definition) is 7. The van der Waals surface area contributed by atoms with E-state index in [1.807, 2.05) is 74.4 Å². The lowest BCUT2D eigenvalue weighted by Crippen LogP contribution is -2.14. The van der Waals surface area contributed by atoms with Gasteiger partial charge in [0.1, 0.15) is 0 Å². The summed E-state index contributed by atoms with van der Waals surface area (Å²) in [7, 11) is 3.99. The standard InChI is InChI=1S/C20H23N7OS/c1-14-6-4-5-7-17(14)22-18(28)13-29-20-23-19(25-26-20)24-21-12-15-8-10-16(11-9-15)27(2)3/h4-12H,13H2,1-3H3,(H,22,28)(H2,23,24,25,26)/b21-12-. The Morgan fingerprint density at radius 1 is 1.21 bits per heavy atom. The van der Waals surface area contributed by atoms with Crippen molar-refractivity contribution in [1.29, 1.82) is 0 Å². The average molecular weight is 410 g/mol. The number of hydrazone groups is 1. The van der Waals surface area contributed by atoms with Crippen molar-refractivity contribution in [2.75, 3.05) is 35.5 Å². The molecule has 150 valence electrons. The van der Waals surface area contributed by atoms with Crippen LogP contribution >= 0.6 is 11.8 Å². The number of aryl methyl sites for hydroxylation is 1. The average Bonchev–Trinajstić information content (AvgIpc) is 3.16. The third-order valence-corrected chi connectivity index (χ3v) is 4.86. The molecular weight excluding hydrogens is 386 g/mol. The number of rotatable bonds is 8. The molecule has 2 aromatic carbocycles. The SMILES string of the molecule is Cc1ccccc1NC(=O)CSc1n[nH]c(N/N=C\c2ccc(N(C)C)cc2)n1. The van der Waals surface area contributed by atoms with Gasteiger partial charge in [-0.1, -0.05) is 42.1 Å². The lowest BCUT2D eigenvalue weighted by Gasteiger charge is -2.11. The fourth-order valence-electron chi connectivity index (χ4n) is 2.42. The number of nitrogens with one attached hydrogen (secondary N) is 3. The van der Waals surface area contributed by atoms with Gasteiger partial charge in [-0.25, -0.2) is 10.5 Å². The second-order valence-electron chi connectivity index (χ2n) is 6.47. The van der Waals surface area contributed by atoms with Gasteiger partial charge in [0, 0.05) is 25.5 Å². The summed E-state index contributed by atoms with van der Waals surface area (Å²) < 4.78 is 0. The Morgan fingerprint density at radius 3 is 2.69 bits per heavy atom. The minimum atomic E-state index is -0.109. The first-order valence-corrected chi connectivity index (χ1v) is 9.97. The molecule has 9 heteroatoms. The largest absolute Gasteiger partial charge is 0.378 e. The van der Waals surface area contributed by atoms with Crippen LogP contribution in [0.2, 0.25) is 0 Å². The Morgan fingerprint density at radius 2 is 1.97 bits per heavy atom. The predicted molar refractivity (Wildman–Crippen MR) is 119 cm³/mol. The first kappa shape index (κ1) is 20.4. The quantitative estimate of drug-likeness (QED) is 0.300. The van der Waals surface area contributed by atoms with Crippen LogP contribution in [0, 0.1) is 6.92 Å². The molecule has 3 rings (SSSR count). The van der Waals surface area contributed by atoms with Gasteiger partial charge in [0.25, 0.3) is 0 Å². The van der Waals surface area contributed by atoms with E-state index in [1.165, 1.54) is 11.8 Å². The van der Waals surface area contributed by atoms with Crippen molar-refractivity contribution < 1.29 is 4.79 Å². The van der Waals surface area contributed by atoms with Crippen molar-refractivity contribution in [2.45, 2.75) is 12.1 Å². The summed E-state index contributed by atoms with van der Waals surface area (Å²) >= 11 is 1.25. The third-order valence-electron chi connectivity index (χ3n) is 4.01. The molecule has 1 aromatic heterocycles. The molecule has 29 heavy (non-hydrogen) atoms. The van der Waals surface area contributed by atoms with Crippen molar-refractivity contribution in [3.63, 3.8) is 0 Å². The number of anilines is 3. The molecule has 0 fully saturated rings. The number of nitrogens with zero attached hydrogens (tertiary/aromatic N) is 4. The third kappa shape index (κ3) is 6.08. The Balaban J connectivity index is 1.46. The van der Waals surface area contributed by atoms with Gasteiger partial charge in [-0.3, -0.25) is 4.79 Å². The van der Waals surface area contributed by atoms with Crippen LogP contribution in [0.15, 0.2) is 58.8 Å². The predicted octanol–water partition coefficient (Wildman–Crippen LogP) is 3.36. The van der Waals surface area contributed by atoms with Crippen molar-refractivity contribution >= 4 is 41.2 Å². The van der Waals surface area contributed by atoms with Crippen LogP contribution in [-0.2, 0) is 4.79 Å². The van der Waals surface area contributed by atoms with Gasteiger partial charge in [0.05, 0.1) is 12.0 Å². The van der Waals surface area contributed by atoms with Gasteiger partial charge < -0.3 is 10.2 Å². The summed E-state index contributed by atoms with van der Waals surface area (Å²) in [6.07, 6.45) is 1.70. The summed E-state index contributed by atoms with van der Waals surface area (Å²) in [6, 6.07) is 15.7. The van der Waals surface area contributed by atoms with E-state index in [9.17, 15) is 4.79 Å². The number of carbonyl (C=O) groups is 1.